The Morgan fingerprint density at radius 3 is 1.83 bits per heavy atom. The number of benzene rings is 2. The zero-order valence-corrected chi connectivity index (χ0v) is 22.9. The van der Waals surface area contributed by atoms with E-state index in [1.165, 1.54) is 23.0 Å². The van der Waals surface area contributed by atoms with Crippen LogP contribution in [0.1, 0.15) is 70.4 Å². The molecule has 0 aliphatic heterocycles. The number of carbonyl (C=O) groups is 2. The number of rotatable bonds is 2. The normalized spacial score (nSPS) is 16.9. The van der Waals surface area contributed by atoms with Crippen LogP contribution in [0.15, 0.2) is 47.8 Å². The minimum Gasteiger partial charge on any atom is -0.635 e. The van der Waals surface area contributed by atoms with E-state index in [4.69, 9.17) is 27.7 Å². The number of ketones is 2. The van der Waals surface area contributed by atoms with Gasteiger partial charge < -0.3 is 10.2 Å². The quantitative estimate of drug-likeness (QED) is 0.130. The first-order chi connectivity index (χ1) is 15.8. The molecular weight excluding hydrogens is 515 g/mol. The van der Waals surface area contributed by atoms with Gasteiger partial charge in [-0.2, -0.15) is 8.42 Å². The zero-order chi connectivity index (χ0) is 26.1. The summed E-state index contributed by atoms with van der Waals surface area (Å²) < 4.78 is 31.6. The van der Waals surface area contributed by atoms with Crippen molar-refractivity contribution in [3.05, 3.63) is 79.7 Å². The number of nitrogens with zero attached hydrogens (tertiary/aromatic N) is 2. The molecule has 0 saturated heterocycles. The van der Waals surface area contributed by atoms with Crippen LogP contribution in [0.2, 0.25) is 0 Å². The molecule has 0 saturated carbocycles. The molecule has 4 rings (SSSR count). The van der Waals surface area contributed by atoms with Crippen molar-refractivity contribution in [3.8, 4) is 0 Å². The molecule has 0 radical (unpaired) electrons. The monoisotopic (exact) mass is 536 g/mol. The van der Waals surface area contributed by atoms with Gasteiger partial charge in [-0.25, -0.2) is 0 Å². The fourth-order valence-corrected chi connectivity index (χ4v) is 3.51. The number of non-ortho nitro benzene ring substituents is 1. The number of hydrogen-bond donors (Lipinski definition) is 2. The van der Waals surface area contributed by atoms with Crippen LogP contribution < -0.4 is 56.6 Å². The van der Waals surface area contributed by atoms with Gasteiger partial charge in [-0.15, -0.1) is 4.91 Å². The maximum atomic E-state index is 11.4. The molecule has 2 aromatic carbocycles. The van der Waals surface area contributed by atoms with Gasteiger partial charge in [-0.1, -0.05) is 44.2 Å². The first-order valence-electron chi connectivity index (χ1n) is 9.55. The van der Waals surface area contributed by atoms with Crippen molar-refractivity contribution in [1.82, 2.24) is 0 Å². The van der Waals surface area contributed by atoms with Gasteiger partial charge in [0.1, 0.15) is 5.34 Å². The average molecular weight is 537 g/mol. The second-order valence-electron chi connectivity index (χ2n) is 7.27. The maximum absolute atomic E-state index is 11.4. The summed E-state index contributed by atoms with van der Waals surface area (Å²) in [6, 6.07) is 12.4. The van der Waals surface area contributed by atoms with E-state index in [-0.39, 0.29) is 68.8 Å². The Bertz CT molecular complexity index is 1160. The van der Waals surface area contributed by atoms with Crippen LogP contribution >= 0.6 is 0 Å². The van der Waals surface area contributed by atoms with Crippen molar-refractivity contribution < 1.29 is 93.7 Å². The van der Waals surface area contributed by atoms with Crippen molar-refractivity contribution in [3.63, 3.8) is 0 Å². The minimum atomic E-state index is -4.67. The molecule has 2 unspecified atom stereocenters. The summed E-state index contributed by atoms with van der Waals surface area (Å²) in [4.78, 5) is 43.5. The zero-order valence-electron chi connectivity index (χ0n) is 19.0. The number of hydrogen-bond acceptors (Lipinski definition) is 10. The second kappa shape index (κ2) is 15.2. The molecule has 2 aromatic rings. The first kappa shape index (κ1) is 33.0. The minimum absolute atomic E-state index is 0. The van der Waals surface area contributed by atoms with Crippen molar-refractivity contribution in [2.24, 2.45) is 5.34 Å². The van der Waals surface area contributed by atoms with E-state index in [2.05, 4.69) is 11.9 Å². The summed E-state index contributed by atoms with van der Waals surface area (Å²) in [7, 11) is -4.67. The van der Waals surface area contributed by atoms with Crippen LogP contribution in [0.3, 0.4) is 0 Å². The van der Waals surface area contributed by atoms with Gasteiger partial charge in [0.15, 0.2) is 11.6 Å². The fourth-order valence-electron chi connectivity index (χ4n) is 3.51. The molecule has 2 N–H and O–H groups in total. The fraction of sp³-hybridized carbons (Fsp3) is 0.300. The van der Waals surface area contributed by atoms with E-state index < -0.39 is 15.3 Å². The largest absolute Gasteiger partial charge is 1.00 e. The van der Waals surface area contributed by atoms with E-state index in [0.29, 0.717) is 30.1 Å². The third-order valence-electron chi connectivity index (χ3n) is 4.88. The van der Waals surface area contributed by atoms with Crippen molar-refractivity contribution in [2.45, 2.75) is 38.5 Å². The van der Waals surface area contributed by atoms with Crippen LogP contribution in [-0.4, -0.2) is 34.0 Å². The summed E-state index contributed by atoms with van der Waals surface area (Å²) in [6.45, 7) is 4.05. The summed E-state index contributed by atoms with van der Waals surface area (Å²) in [5.41, 5.74) is 3.59. The van der Waals surface area contributed by atoms with E-state index in [1.807, 2.05) is 31.2 Å². The average Bonchev–Trinajstić information content (AvgIpc) is 3.22. The van der Waals surface area contributed by atoms with Crippen LogP contribution in [0.25, 0.3) is 0 Å². The first-order valence-corrected chi connectivity index (χ1v) is 10.9. The van der Waals surface area contributed by atoms with Gasteiger partial charge in [0, 0.05) is 36.1 Å². The molecule has 35 heavy (non-hydrogen) atoms. The third kappa shape index (κ3) is 11.1. The number of nitro benzene ring substituents is 1. The van der Waals surface area contributed by atoms with E-state index in [0.717, 1.165) is 11.1 Å². The maximum Gasteiger partial charge on any atom is 1.00 e. The number of Topliss-reactive ketones (excluding diaryl/α,β-unsaturated/α-hetero) is 2. The van der Waals surface area contributed by atoms with Crippen LogP contribution in [-0.2, 0) is 15.4 Å². The van der Waals surface area contributed by atoms with Gasteiger partial charge in [-0.05, 0) is 23.0 Å². The molecule has 2 aliphatic rings. The predicted octanol–water partition coefficient (Wildman–Crippen LogP) is -0.0279. The number of carbonyl (C=O) groups excluding carboxylic acids is 2. The number of nitro groups is 1. The van der Waals surface area contributed by atoms with Crippen molar-refractivity contribution in [2.75, 3.05) is 0 Å². The Balaban J connectivity index is 0.000000491. The summed E-state index contributed by atoms with van der Waals surface area (Å²) in [6.07, 6.45) is 1.16. The SMILES string of the molecule is CC1CC(=O)c2cc([N+](=O)[O-])ccc21.CC1CC(=O)c2ccccc21.O=NO[O-].O=S(=O)(O)O.[K+]. The molecule has 15 heteroatoms. The van der Waals surface area contributed by atoms with E-state index in [9.17, 15) is 19.7 Å². The van der Waals surface area contributed by atoms with Gasteiger partial charge in [0.05, 0.1) is 4.92 Å². The summed E-state index contributed by atoms with van der Waals surface area (Å²) in [5.74, 6) is 0.932. The Hall–Kier alpha value is -1.95. The molecule has 2 aliphatic carbocycles. The summed E-state index contributed by atoms with van der Waals surface area (Å²) >= 11 is 0. The van der Waals surface area contributed by atoms with Gasteiger partial charge in [0.2, 0.25) is 0 Å². The van der Waals surface area contributed by atoms with E-state index >= 15 is 0 Å². The van der Waals surface area contributed by atoms with Gasteiger partial charge >= 0.3 is 61.8 Å². The van der Waals surface area contributed by atoms with E-state index in [1.54, 1.807) is 6.07 Å². The molecule has 184 valence electrons. The molecule has 2 atom stereocenters. The molecule has 0 bridgehead atoms. The van der Waals surface area contributed by atoms with Crippen LogP contribution in [0.5, 0.6) is 0 Å². The molecule has 0 spiro atoms. The number of fused-ring (bicyclic) bond motifs is 2. The van der Waals surface area contributed by atoms with Gasteiger partial charge in [-0.3, -0.25) is 28.8 Å². The Morgan fingerprint density at radius 2 is 1.40 bits per heavy atom. The topological polar surface area (TPSA) is 214 Å². The second-order valence-corrected chi connectivity index (χ2v) is 8.17. The molecular formula is C20H21KN2O11S. The Kier molecular flexibility index (Phi) is 14.4. The Morgan fingerprint density at radius 1 is 0.971 bits per heavy atom. The van der Waals surface area contributed by atoms with Crippen molar-refractivity contribution >= 4 is 27.7 Å². The molecule has 0 amide bonds. The standard InChI is InChI=1S/C10H9NO3.C10H10O.K.HNO3.H2O4S/c1-6-4-10(12)9-5-7(11(13)14)2-3-8(6)9;1-7-6-10(11)9-5-3-2-4-8(7)9;;2-1-4-3;1-5(2,3)4/h2-3,5-6H,4H2,1H3;2-5,7H,6H2,1H3;;3H;(H2,1,2,3,4)/q;;+1;;/p-1. The van der Waals surface area contributed by atoms with Crippen LogP contribution in [0, 0.1) is 15.0 Å². The predicted molar refractivity (Wildman–Crippen MR) is 115 cm³/mol. The molecule has 0 heterocycles. The van der Waals surface area contributed by atoms with Crippen molar-refractivity contribution in [1.29, 1.82) is 0 Å². The summed E-state index contributed by atoms with van der Waals surface area (Å²) in [5, 5.41) is 20.2. The molecule has 13 nitrogen and oxygen atoms in total. The molecule has 0 aromatic heterocycles. The van der Waals surface area contributed by atoms with Gasteiger partial charge in [0.25, 0.3) is 5.69 Å². The smallest absolute Gasteiger partial charge is 0.635 e. The Labute approximate surface area is 242 Å². The van der Waals surface area contributed by atoms with Crippen LogP contribution in [0.4, 0.5) is 5.69 Å². The molecule has 0 fully saturated rings. The third-order valence-corrected chi connectivity index (χ3v) is 4.88.